The highest BCUT2D eigenvalue weighted by molar-refractivity contribution is 7.20. The standard InChI is InChI=1S/C16H11F3N2OS/c1-9-5-6-10-7-13(23-15(10)20-9)14(22)21-12-4-2-3-11(8-12)16(17,18)19/h2-8H,1H3,(H,21,22). The number of alkyl halides is 3. The number of carbonyl (C=O) groups is 1. The van der Waals surface area contributed by atoms with Crippen molar-refractivity contribution in [2.75, 3.05) is 5.32 Å². The van der Waals surface area contributed by atoms with Gasteiger partial charge in [0.1, 0.15) is 4.83 Å². The molecule has 0 spiro atoms. The van der Waals surface area contributed by atoms with Crippen LogP contribution in [0.4, 0.5) is 18.9 Å². The zero-order chi connectivity index (χ0) is 16.6. The molecule has 23 heavy (non-hydrogen) atoms. The molecule has 0 fully saturated rings. The molecule has 2 aromatic heterocycles. The number of nitrogens with zero attached hydrogens (tertiary/aromatic N) is 1. The highest BCUT2D eigenvalue weighted by atomic mass is 32.1. The molecule has 3 aromatic rings. The van der Waals surface area contributed by atoms with Crippen LogP contribution in [0, 0.1) is 6.92 Å². The summed E-state index contributed by atoms with van der Waals surface area (Å²) in [5.74, 6) is -0.454. The Bertz CT molecular complexity index is 886. The summed E-state index contributed by atoms with van der Waals surface area (Å²) in [6, 6.07) is 9.92. The van der Waals surface area contributed by atoms with Crippen molar-refractivity contribution in [1.82, 2.24) is 4.98 Å². The third kappa shape index (κ3) is 3.34. The van der Waals surface area contributed by atoms with Gasteiger partial charge in [-0.3, -0.25) is 4.79 Å². The molecule has 0 atom stereocenters. The third-order valence-electron chi connectivity index (χ3n) is 3.19. The predicted octanol–water partition coefficient (Wildman–Crippen LogP) is 4.88. The van der Waals surface area contributed by atoms with Crippen LogP contribution < -0.4 is 5.32 Å². The van der Waals surface area contributed by atoms with Gasteiger partial charge in [-0.05, 0) is 37.3 Å². The molecule has 3 rings (SSSR count). The van der Waals surface area contributed by atoms with Crippen LogP contribution in [-0.2, 0) is 6.18 Å². The Balaban J connectivity index is 1.86. The summed E-state index contributed by atoms with van der Waals surface area (Å²) in [4.78, 5) is 17.7. The average molecular weight is 336 g/mol. The van der Waals surface area contributed by atoms with E-state index >= 15 is 0 Å². The fourth-order valence-corrected chi connectivity index (χ4v) is 3.06. The maximum Gasteiger partial charge on any atom is 0.416 e. The number of thiophene rings is 1. The molecule has 1 amide bonds. The number of hydrogen-bond acceptors (Lipinski definition) is 3. The number of fused-ring (bicyclic) bond motifs is 1. The lowest BCUT2D eigenvalue weighted by atomic mass is 10.2. The Labute approximate surface area is 133 Å². The molecule has 0 aliphatic carbocycles. The van der Waals surface area contributed by atoms with Crippen LogP contribution in [0.25, 0.3) is 10.2 Å². The average Bonchev–Trinajstić information content (AvgIpc) is 2.90. The first kappa shape index (κ1) is 15.5. The number of aromatic nitrogens is 1. The first-order chi connectivity index (χ1) is 10.8. The second-order valence-corrected chi connectivity index (χ2v) is 6.02. The summed E-state index contributed by atoms with van der Waals surface area (Å²) in [6.07, 6.45) is -4.44. The molecule has 3 nitrogen and oxygen atoms in total. The highest BCUT2D eigenvalue weighted by Gasteiger charge is 2.30. The highest BCUT2D eigenvalue weighted by Crippen LogP contribution is 2.31. The number of anilines is 1. The molecule has 0 saturated carbocycles. The second kappa shape index (κ2) is 5.66. The Morgan fingerprint density at radius 3 is 2.70 bits per heavy atom. The topological polar surface area (TPSA) is 42.0 Å². The van der Waals surface area contributed by atoms with E-state index in [1.807, 2.05) is 19.1 Å². The largest absolute Gasteiger partial charge is 0.416 e. The summed E-state index contributed by atoms with van der Waals surface area (Å²) in [5.41, 5.74) is 0.138. The van der Waals surface area contributed by atoms with Crippen LogP contribution in [0.5, 0.6) is 0 Å². The minimum absolute atomic E-state index is 0.103. The third-order valence-corrected chi connectivity index (χ3v) is 4.24. The van der Waals surface area contributed by atoms with Crippen molar-refractivity contribution in [3.05, 3.63) is 58.6 Å². The second-order valence-electron chi connectivity index (χ2n) is 4.99. The van der Waals surface area contributed by atoms with Gasteiger partial charge >= 0.3 is 6.18 Å². The molecular formula is C16H11F3N2OS. The van der Waals surface area contributed by atoms with E-state index in [9.17, 15) is 18.0 Å². The van der Waals surface area contributed by atoms with Crippen LogP contribution in [-0.4, -0.2) is 10.9 Å². The zero-order valence-corrected chi connectivity index (χ0v) is 12.8. The lowest BCUT2D eigenvalue weighted by Crippen LogP contribution is -2.11. The monoisotopic (exact) mass is 336 g/mol. The summed E-state index contributed by atoms with van der Waals surface area (Å²) in [6.45, 7) is 1.85. The number of carbonyl (C=O) groups excluding carboxylic acids is 1. The minimum atomic E-state index is -4.44. The van der Waals surface area contributed by atoms with Gasteiger partial charge in [0.15, 0.2) is 0 Å². The lowest BCUT2D eigenvalue weighted by molar-refractivity contribution is -0.137. The number of nitrogens with one attached hydrogen (secondary N) is 1. The smallest absolute Gasteiger partial charge is 0.321 e. The van der Waals surface area contributed by atoms with E-state index in [0.717, 1.165) is 28.0 Å². The van der Waals surface area contributed by atoms with Crippen LogP contribution in [0.1, 0.15) is 20.9 Å². The quantitative estimate of drug-likeness (QED) is 0.725. The molecule has 118 valence electrons. The zero-order valence-electron chi connectivity index (χ0n) is 11.9. The molecular weight excluding hydrogens is 325 g/mol. The molecule has 0 radical (unpaired) electrons. The van der Waals surface area contributed by atoms with Gasteiger partial charge in [0.2, 0.25) is 0 Å². The van der Waals surface area contributed by atoms with E-state index in [1.165, 1.54) is 23.5 Å². The SMILES string of the molecule is Cc1ccc2cc(C(=O)Nc3cccc(C(F)(F)F)c3)sc2n1. The molecule has 0 unspecified atom stereocenters. The van der Waals surface area contributed by atoms with E-state index in [0.29, 0.717) is 4.88 Å². The predicted molar refractivity (Wildman–Crippen MR) is 83.8 cm³/mol. The van der Waals surface area contributed by atoms with Crippen molar-refractivity contribution in [2.24, 2.45) is 0 Å². The Morgan fingerprint density at radius 2 is 1.96 bits per heavy atom. The number of rotatable bonds is 2. The normalized spacial score (nSPS) is 11.7. The Kier molecular flexibility index (Phi) is 3.81. The summed E-state index contributed by atoms with van der Waals surface area (Å²) in [7, 11) is 0. The van der Waals surface area contributed by atoms with Crippen molar-refractivity contribution < 1.29 is 18.0 Å². The number of benzene rings is 1. The summed E-state index contributed by atoms with van der Waals surface area (Å²) >= 11 is 1.20. The van der Waals surface area contributed by atoms with Gasteiger partial charge in [0.25, 0.3) is 5.91 Å². The number of halogens is 3. The van der Waals surface area contributed by atoms with Gasteiger partial charge in [0.05, 0.1) is 10.4 Å². The van der Waals surface area contributed by atoms with Gasteiger partial charge in [-0.2, -0.15) is 13.2 Å². The lowest BCUT2D eigenvalue weighted by Gasteiger charge is -2.09. The van der Waals surface area contributed by atoms with Gasteiger partial charge in [-0.15, -0.1) is 11.3 Å². The van der Waals surface area contributed by atoms with Crippen LogP contribution in [0.2, 0.25) is 0 Å². The van der Waals surface area contributed by atoms with Crippen molar-refractivity contribution in [3.8, 4) is 0 Å². The van der Waals surface area contributed by atoms with Crippen molar-refractivity contribution in [2.45, 2.75) is 13.1 Å². The molecule has 0 bridgehead atoms. The number of hydrogen-bond donors (Lipinski definition) is 1. The molecule has 0 aliphatic heterocycles. The Hall–Kier alpha value is -2.41. The fraction of sp³-hybridized carbons (Fsp3) is 0.125. The number of pyridine rings is 1. The summed E-state index contributed by atoms with van der Waals surface area (Å²) < 4.78 is 38.1. The van der Waals surface area contributed by atoms with Crippen LogP contribution in [0.15, 0.2) is 42.5 Å². The molecule has 7 heteroatoms. The van der Waals surface area contributed by atoms with Crippen molar-refractivity contribution in [1.29, 1.82) is 0 Å². The first-order valence-electron chi connectivity index (χ1n) is 6.69. The van der Waals surface area contributed by atoms with E-state index < -0.39 is 17.6 Å². The molecule has 0 aliphatic rings. The van der Waals surface area contributed by atoms with Gasteiger partial charge < -0.3 is 5.32 Å². The van der Waals surface area contributed by atoms with E-state index in [1.54, 1.807) is 6.07 Å². The van der Waals surface area contributed by atoms with Crippen molar-refractivity contribution in [3.63, 3.8) is 0 Å². The van der Waals surface area contributed by atoms with E-state index in [-0.39, 0.29) is 5.69 Å². The fourth-order valence-electron chi connectivity index (χ4n) is 2.09. The van der Waals surface area contributed by atoms with Gasteiger partial charge in [-0.25, -0.2) is 4.98 Å². The maximum absolute atomic E-state index is 12.7. The van der Waals surface area contributed by atoms with E-state index in [4.69, 9.17) is 0 Å². The van der Waals surface area contributed by atoms with Gasteiger partial charge in [-0.1, -0.05) is 12.1 Å². The molecule has 2 heterocycles. The van der Waals surface area contributed by atoms with E-state index in [2.05, 4.69) is 10.3 Å². The van der Waals surface area contributed by atoms with Crippen molar-refractivity contribution >= 4 is 33.1 Å². The Morgan fingerprint density at radius 1 is 1.17 bits per heavy atom. The number of aryl methyl sites for hydroxylation is 1. The molecule has 0 saturated heterocycles. The molecule has 1 aromatic carbocycles. The van der Waals surface area contributed by atoms with Crippen LogP contribution >= 0.6 is 11.3 Å². The summed E-state index contributed by atoms with van der Waals surface area (Å²) in [5, 5.41) is 3.32. The van der Waals surface area contributed by atoms with Crippen LogP contribution in [0.3, 0.4) is 0 Å². The first-order valence-corrected chi connectivity index (χ1v) is 7.50. The minimum Gasteiger partial charge on any atom is -0.321 e. The molecule has 1 N–H and O–H groups in total. The number of amides is 1. The van der Waals surface area contributed by atoms with Gasteiger partial charge in [0, 0.05) is 16.8 Å². The maximum atomic E-state index is 12.7.